The van der Waals surface area contributed by atoms with Gasteiger partial charge < -0.3 is 19.9 Å². The highest BCUT2D eigenvalue weighted by molar-refractivity contribution is 5.94. The van der Waals surface area contributed by atoms with Crippen molar-refractivity contribution < 1.29 is 14.3 Å². The van der Waals surface area contributed by atoms with Crippen molar-refractivity contribution in [2.75, 3.05) is 44.7 Å². The molecule has 1 fully saturated rings. The minimum Gasteiger partial charge on any atom is -0.497 e. The number of anilines is 1. The molecule has 0 unspecified atom stereocenters. The molecule has 1 saturated heterocycles. The molecule has 7 nitrogen and oxygen atoms in total. The molecule has 0 radical (unpaired) electrons. The van der Waals surface area contributed by atoms with Gasteiger partial charge in [0.1, 0.15) is 5.75 Å². The minimum atomic E-state index is -0.134. The van der Waals surface area contributed by atoms with Gasteiger partial charge in [0.25, 0.3) is 5.91 Å². The summed E-state index contributed by atoms with van der Waals surface area (Å²) >= 11 is 0. The third-order valence-corrected chi connectivity index (χ3v) is 4.93. The molecule has 1 aliphatic heterocycles. The SMILES string of the molecule is COc1ccc(CCNC(=O)c2cncc(N3CCN(C(C)=O)CC3)c2)cc1. The number of ether oxygens (including phenoxy) is 1. The summed E-state index contributed by atoms with van der Waals surface area (Å²) in [7, 11) is 1.64. The highest BCUT2D eigenvalue weighted by Crippen LogP contribution is 2.17. The first-order valence-corrected chi connectivity index (χ1v) is 9.43. The number of carbonyl (C=O) groups excluding carboxylic acids is 2. The van der Waals surface area contributed by atoms with Crippen LogP contribution in [-0.2, 0) is 11.2 Å². The van der Waals surface area contributed by atoms with Crippen LogP contribution in [0.25, 0.3) is 0 Å². The van der Waals surface area contributed by atoms with Crippen LogP contribution in [0.1, 0.15) is 22.8 Å². The molecule has 0 spiro atoms. The molecule has 1 aliphatic rings. The van der Waals surface area contributed by atoms with Crippen molar-refractivity contribution in [1.29, 1.82) is 0 Å². The maximum Gasteiger partial charge on any atom is 0.252 e. The van der Waals surface area contributed by atoms with Gasteiger partial charge in [0, 0.05) is 45.8 Å². The average Bonchev–Trinajstić information content (AvgIpc) is 2.74. The van der Waals surface area contributed by atoms with Gasteiger partial charge in [0.2, 0.25) is 5.91 Å². The largest absolute Gasteiger partial charge is 0.497 e. The van der Waals surface area contributed by atoms with E-state index in [4.69, 9.17) is 4.74 Å². The van der Waals surface area contributed by atoms with Crippen molar-refractivity contribution in [2.45, 2.75) is 13.3 Å². The molecular weight excluding hydrogens is 356 g/mol. The Bertz CT molecular complexity index is 815. The van der Waals surface area contributed by atoms with E-state index in [1.165, 1.54) is 0 Å². The molecule has 2 amide bonds. The minimum absolute atomic E-state index is 0.0998. The number of nitrogens with one attached hydrogen (secondary N) is 1. The Morgan fingerprint density at radius 1 is 1.11 bits per heavy atom. The first-order valence-electron chi connectivity index (χ1n) is 9.43. The van der Waals surface area contributed by atoms with Crippen LogP contribution in [0.3, 0.4) is 0 Å². The number of pyridine rings is 1. The Balaban J connectivity index is 1.53. The van der Waals surface area contributed by atoms with Crippen LogP contribution in [0.5, 0.6) is 5.75 Å². The lowest BCUT2D eigenvalue weighted by molar-refractivity contribution is -0.129. The maximum absolute atomic E-state index is 12.5. The average molecular weight is 382 g/mol. The summed E-state index contributed by atoms with van der Waals surface area (Å²) in [5.74, 6) is 0.785. The molecule has 2 aromatic rings. The van der Waals surface area contributed by atoms with Crippen LogP contribution in [0, 0.1) is 0 Å². The van der Waals surface area contributed by atoms with Gasteiger partial charge in [-0.05, 0) is 30.2 Å². The molecule has 28 heavy (non-hydrogen) atoms. The fourth-order valence-corrected chi connectivity index (χ4v) is 3.22. The second-order valence-electron chi connectivity index (χ2n) is 6.78. The molecule has 1 N–H and O–H groups in total. The van der Waals surface area contributed by atoms with Gasteiger partial charge in [0.15, 0.2) is 0 Å². The number of hydrogen-bond donors (Lipinski definition) is 1. The number of nitrogens with zero attached hydrogens (tertiary/aromatic N) is 3. The summed E-state index contributed by atoms with van der Waals surface area (Å²) in [6.45, 7) is 5.00. The number of carbonyl (C=O) groups is 2. The van der Waals surface area contributed by atoms with Crippen molar-refractivity contribution in [3.63, 3.8) is 0 Å². The lowest BCUT2D eigenvalue weighted by atomic mass is 10.1. The second-order valence-corrected chi connectivity index (χ2v) is 6.78. The van der Waals surface area contributed by atoms with Crippen LogP contribution in [0.4, 0.5) is 5.69 Å². The molecule has 7 heteroatoms. The fraction of sp³-hybridized carbons (Fsp3) is 0.381. The Labute approximate surface area is 165 Å². The summed E-state index contributed by atoms with van der Waals surface area (Å²) in [5, 5.41) is 2.95. The molecule has 148 valence electrons. The van der Waals surface area contributed by atoms with Crippen LogP contribution >= 0.6 is 0 Å². The predicted octanol–water partition coefficient (Wildman–Crippen LogP) is 1.73. The lowest BCUT2D eigenvalue weighted by Crippen LogP contribution is -2.48. The Hall–Kier alpha value is -3.09. The molecule has 2 heterocycles. The topological polar surface area (TPSA) is 74.8 Å². The van der Waals surface area contributed by atoms with Crippen molar-refractivity contribution >= 4 is 17.5 Å². The van der Waals surface area contributed by atoms with Crippen LogP contribution < -0.4 is 15.0 Å². The number of hydrogen-bond acceptors (Lipinski definition) is 5. The molecule has 3 rings (SSSR count). The van der Waals surface area contributed by atoms with Crippen molar-refractivity contribution in [3.8, 4) is 5.75 Å². The van der Waals surface area contributed by atoms with Gasteiger partial charge in [-0.2, -0.15) is 0 Å². The summed E-state index contributed by atoms with van der Waals surface area (Å²) in [4.78, 5) is 32.1. The first kappa shape index (κ1) is 19.7. The molecule has 1 aromatic heterocycles. The van der Waals surface area contributed by atoms with Gasteiger partial charge in [-0.3, -0.25) is 14.6 Å². The van der Waals surface area contributed by atoms with E-state index in [2.05, 4.69) is 15.2 Å². The van der Waals surface area contributed by atoms with E-state index in [0.717, 1.165) is 36.5 Å². The van der Waals surface area contributed by atoms with Gasteiger partial charge >= 0.3 is 0 Å². The van der Waals surface area contributed by atoms with Crippen LogP contribution in [0.2, 0.25) is 0 Å². The highest BCUT2D eigenvalue weighted by Gasteiger charge is 2.19. The van der Waals surface area contributed by atoms with E-state index in [-0.39, 0.29) is 11.8 Å². The third kappa shape index (κ3) is 5.00. The summed E-state index contributed by atoms with van der Waals surface area (Å²) in [6.07, 6.45) is 4.09. The Morgan fingerprint density at radius 3 is 2.46 bits per heavy atom. The van der Waals surface area contributed by atoms with E-state index in [9.17, 15) is 9.59 Å². The van der Waals surface area contributed by atoms with Crippen molar-refractivity contribution in [1.82, 2.24) is 15.2 Å². The summed E-state index contributed by atoms with van der Waals surface area (Å²) < 4.78 is 5.15. The number of methoxy groups -OCH3 is 1. The van der Waals surface area contributed by atoms with Gasteiger partial charge in [-0.1, -0.05) is 12.1 Å². The van der Waals surface area contributed by atoms with Gasteiger partial charge in [0.05, 0.1) is 24.6 Å². The van der Waals surface area contributed by atoms with Crippen LogP contribution in [-0.4, -0.2) is 61.5 Å². The normalized spacial score (nSPS) is 13.9. The molecular formula is C21H26N4O3. The third-order valence-electron chi connectivity index (χ3n) is 4.93. The number of benzene rings is 1. The molecule has 0 aliphatic carbocycles. The number of amides is 2. The second kappa shape index (κ2) is 9.21. The smallest absolute Gasteiger partial charge is 0.252 e. The monoisotopic (exact) mass is 382 g/mol. The Morgan fingerprint density at radius 2 is 1.82 bits per heavy atom. The molecule has 1 aromatic carbocycles. The number of aromatic nitrogens is 1. The van der Waals surface area contributed by atoms with Gasteiger partial charge in [-0.15, -0.1) is 0 Å². The Kier molecular flexibility index (Phi) is 6.47. The van der Waals surface area contributed by atoms with E-state index in [1.54, 1.807) is 26.4 Å². The van der Waals surface area contributed by atoms with Crippen molar-refractivity contribution in [2.24, 2.45) is 0 Å². The van der Waals surface area contributed by atoms with E-state index in [0.29, 0.717) is 25.2 Å². The lowest BCUT2D eigenvalue weighted by Gasteiger charge is -2.35. The summed E-state index contributed by atoms with van der Waals surface area (Å²) in [5.41, 5.74) is 2.59. The van der Waals surface area contributed by atoms with Gasteiger partial charge in [-0.25, -0.2) is 0 Å². The summed E-state index contributed by atoms with van der Waals surface area (Å²) in [6, 6.07) is 9.67. The molecule has 0 atom stereocenters. The predicted molar refractivity (Wildman–Crippen MR) is 108 cm³/mol. The van der Waals surface area contributed by atoms with Crippen LogP contribution in [0.15, 0.2) is 42.7 Å². The number of rotatable bonds is 6. The maximum atomic E-state index is 12.5. The number of piperazine rings is 1. The zero-order valence-electron chi connectivity index (χ0n) is 16.4. The first-order chi connectivity index (χ1) is 13.6. The quantitative estimate of drug-likeness (QED) is 0.824. The van der Waals surface area contributed by atoms with Crippen molar-refractivity contribution in [3.05, 3.63) is 53.9 Å². The zero-order valence-corrected chi connectivity index (χ0v) is 16.4. The standard InChI is InChI=1S/C21H26N4O3/c1-16(26)24-9-11-25(12-10-24)19-13-18(14-22-15-19)21(27)23-8-7-17-3-5-20(28-2)6-4-17/h3-6,13-15H,7-12H2,1-2H3,(H,23,27). The fourth-order valence-electron chi connectivity index (χ4n) is 3.22. The highest BCUT2D eigenvalue weighted by atomic mass is 16.5. The zero-order chi connectivity index (χ0) is 19.9. The molecule has 0 bridgehead atoms. The van der Waals surface area contributed by atoms with E-state index >= 15 is 0 Å². The molecule has 0 saturated carbocycles. The van der Waals surface area contributed by atoms with E-state index < -0.39 is 0 Å². The van der Waals surface area contributed by atoms with E-state index in [1.807, 2.05) is 35.2 Å².